The van der Waals surface area contributed by atoms with E-state index >= 15 is 0 Å². The second-order valence-electron chi connectivity index (χ2n) is 5.77. The predicted octanol–water partition coefficient (Wildman–Crippen LogP) is 2.37. The van der Waals surface area contributed by atoms with Crippen LogP contribution >= 0.6 is 0 Å². The van der Waals surface area contributed by atoms with E-state index in [4.69, 9.17) is 9.72 Å². The number of nitrogens with zero attached hydrogens (tertiary/aromatic N) is 2. The molecule has 0 spiro atoms. The van der Waals surface area contributed by atoms with Gasteiger partial charge in [0, 0.05) is 25.3 Å². The van der Waals surface area contributed by atoms with Gasteiger partial charge in [-0.2, -0.15) is 0 Å². The Labute approximate surface area is 122 Å². The van der Waals surface area contributed by atoms with Gasteiger partial charge in [0.15, 0.2) is 0 Å². The fourth-order valence-electron chi connectivity index (χ4n) is 2.85. The fourth-order valence-corrected chi connectivity index (χ4v) is 2.85. The smallest absolute Gasteiger partial charge is 0.129 e. The topological polar surface area (TPSA) is 37.4 Å². The van der Waals surface area contributed by atoms with Crippen LogP contribution in [0.15, 0.2) is 12.1 Å². The number of nitrogens with one attached hydrogen (secondary N) is 1. The molecule has 2 heterocycles. The minimum atomic E-state index is 0.267. The van der Waals surface area contributed by atoms with Crippen molar-refractivity contribution in [2.75, 3.05) is 25.0 Å². The number of pyridine rings is 1. The van der Waals surface area contributed by atoms with Gasteiger partial charge in [-0.1, -0.05) is 13.3 Å². The lowest BCUT2D eigenvalue weighted by molar-refractivity contribution is -0.00547. The van der Waals surface area contributed by atoms with Crippen LogP contribution in [-0.4, -0.2) is 37.3 Å². The highest BCUT2D eigenvalue weighted by atomic mass is 16.5. The maximum Gasteiger partial charge on any atom is 0.129 e. The lowest BCUT2D eigenvalue weighted by Gasteiger charge is -2.36. The Morgan fingerprint density at radius 3 is 2.60 bits per heavy atom. The van der Waals surface area contributed by atoms with E-state index in [2.05, 4.69) is 43.1 Å². The number of aromatic nitrogens is 1. The third kappa shape index (κ3) is 3.93. The molecule has 1 fully saturated rings. The van der Waals surface area contributed by atoms with Crippen molar-refractivity contribution < 1.29 is 4.74 Å². The molecule has 0 bridgehead atoms. The number of ether oxygens (including phenoxy) is 1. The zero-order valence-electron chi connectivity index (χ0n) is 13.1. The molecule has 4 nitrogen and oxygen atoms in total. The van der Waals surface area contributed by atoms with E-state index in [1.54, 1.807) is 0 Å². The molecule has 1 saturated heterocycles. The van der Waals surface area contributed by atoms with Crippen LogP contribution < -0.4 is 10.2 Å². The molecule has 0 aromatic carbocycles. The van der Waals surface area contributed by atoms with Crippen molar-refractivity contribution in [2.45, 2.75) is 52.4 Å². The Morgan fingerprint density at radius 1 is 1.30 bits per heavy atom. The zero-order valence-corrected chi connectivity index (χ0v) is 13.1. The average molecular weight is 277 g/mol. The van der Waals surface area contributed by atoms with Gasteiger partial charge in [0.25, 0.3) is 0 Å². The first-order valence-corrected chi connectivity index (χ1v) is 7.67. The molecule has 2 rings (SSSR count). The molecule has 0 unspecified atom stereocenters. The molecule has 20 heavy (non-hydrogen) atoms. The van der Waals surface area contributed by atoms with Crippen LogP contribution in [0.2, 0.25) is 0 Å². The normalized spacial score (nSPS) is 23.1. The minimum Gasteiger partial charge on any atom is -0.372 e. The summed E-state index contributed by atoms with van der Waals surface area (Å²) in [4.78, 5) is 7.20. The van der Waals surface area contributed by atoms with Crippen LogP contribution in [0.1, 0.15) is 38.4 Å². The first kappa shape index (κ1) is 15.3. The largest absolute Gasteiger partial charge is 0.372 e. The summed E-state index contributed by atoms with van der Waals surface area (Å²) in [5, 5.41) is 3.23. The number of hydrogen-bond donors (Lipinski definition) is 1. The van der Waals surface area contributed by atoms with Gasteiger partial charge in [-0.25, -0.2) is 4.98 Å². The molecule has 112 valence electrons. The molecule has 1 aliphatic rings. The van der Waals surface area contributed by atoms with Crippen molar-refractivity contribution in [1.29, 1.82) is 0 Å². The van der Waals surface area contributed by atoms with Crippen molar-refractivity contribution in [2.24, 2.45) is 0 Å². The van der Waals surface area contributed by atoms with Crippen LogP contribution in [0.3, 0.4) is 0 Å². The van der Waals surface area contributed by atoms with Crippen molar-refractivity contribution in [3.8, 4) is 0 Å². The summed E-state index contributed by atoms with van der Waals surface area (Å²) in [6.45, 7) is 9.20. The van der Waals surface area contributed by atoms with Crippen LogP contribution in [0.25, 0.3) is 0 Å². The zero-order chi connectivity index (χ0) is 14.5. The molecule has 1 aromatic heterocycles. The Balaban J connectivity index is 2.24. The summed E-state index contributed by atoms with van der Waals surface area (Å²) in [6, 6.07) is 4.43. The number of morpholine rings is 1. The van der Waals surface area contributed by atoms with Crippen molar-refractivity contribution in [1.82, 2.24) is 10.3 Å². The highest BCUT2D eigenvalue weighted by Crippen LogP contribution is 2.21. The number of rotatable bonds is 5. The molecular weight excluding hydrogens is 250 g/mol. The maximum absolute atomic E-state index is 5.81. The molecule has 4 heteroatoms. The van der Waals surface area contributed by atoms with Gasteiger partial charge in [0.2, 0.25) is 0 Å². The molecule has 0 amide bonds. The number of anilines is 1. The van der Waals surface area contributed by atoms with Crippen LogP contribution in [-0.2, 0) is 17.7 Å². The monoisotopic (exact) mass is 277 g/mol. The van der Waals surface area contributed by atoms with Gasteiger partial charge in [0.05, 0.1) is 12.2 Å². The molecular formula is C16H27N3O. The maximum atomic E-state index is 5.81. The first-order chi connectivity index (χ1) is 9.62. The molecule has 0 saturated carbocycles. The van der Waals surface area contributed by atoms with Crippen molar-refractivity contribution >= 4 is 5.82 Å². The van der Waals surface area contributed by atoms with Crippen molar-refractivity contribution in [3.63, 3.8) is 0 Å². The Hall–Kier alpha value is -1.13. The quantitative estimate of drug-likeness (QED) is 0.896. The minimum absolute atomic E-state index is 0.267. The molecule has 1 aliphatic heterocycles. The summed E-state index contributed by atoms with van der Waals surface area (Å²) in [7, 11) is 1.98. The molecule has 1 aromatic rings. The van der Waals surface area contributed by atoms with Crippen molar-refractivity contribution in [3.05, 3.63) is 23.4 Å². The van der Waals surface area contributed by atoms with Crippen LogP contribution in [0.4, 0.5) is 5.82 Å². The molecule has 2 atom stereocenters. The van der Waals surface area contributed by atoms with Gasteiger partial charge in [-0.15, -0.1) is 0 Å². The molecule has 0 radical (unpaired) electrons. The van der Waals surface area contributed by atoms with Crippen LogP contribution in [0, 0.1) is 0 Å². The van der Waals surface area contributed by atoms with Gasteiger partial charge in [-0.05, 0) is 45.0 Å². The summed E-state index contributed by atoms with van der Waals surface area (Å²) in [5.74, 6) is 1.10. The second kappa shape index (κ2) is 7.04. The second-order valence-corrected chi connectivity index (χ2v) is 5.77. The Bertz CT molecular complexity index is 401. The fraction of sp³-hybridized carbons (Fsp3) is 0.688. The average Bonchev–Trinajstić information content (AvgIpc) is 2.38. The molecule has 1 N–H and O–H groups in total. The van der Waals surface area contributed by atoms with Gasteiger partial charge < -0.3 is 15.0 Å². The summed E-state index contributed by atoms with van der Waals surface area (Å²) >= 11 is 0. The Kier molecular flexibility index (Phi) is 5.38. The van der Waals surface area contributed by atoms with E-state index in [-0.39, 0.29) is 12.2 Å². The van der Waals surface area contributed by atoms with E-state index in [1.165, 1.54) is 11.3 Å². The molecule has 0 aliphatic carbocycles. The lowest BCUT2D eigenvalue weighted by Crippen LogP contribution is -2.46. The first-order valence-electron chi connectivity index (χ1n) is 7.67. The van der Waals surface area contributed by atoms with Gasteiger partial charge >= 0.3 is 0 Å². The van der Waals surface area contributed by atoms with Gasteiger partial charge in [-0.3, -0.25) is 0 Å². The van der Waals surface area contributed by atoms with E-state index in [1.807, 2.05) is 7.05 Å². The summed E-state index contributed by atoms with van der Waals surface area (Å²) < 4.78 is 5.81. The van der Waals surface area contributed by atoms with Crippen LogP contribution in [0.5, 0.6) is 0 Å². The third-order valence-electron chi connectivity index (χ3n) is 3.56. The highest BCUT2D eigenvalue weighted by molar-refractivity contribution is 5.43. The van der Waals surface area contributed by atoms with E-state index in [9.17, 15) is 0 Å². The third-order valence-corrected chi connectivity index (χ3v) is 3.56. The summed E-state index contributed by atoms with van der Waals surface area (Å²) in [5.41, 5.74) is 2.51. The predicted molar refractivity (Wildman–Crippen MR) is 83.2 cm³/mol. The van der Waals surface area contributed by atoms with E-state index in [0.717, 1.165) is 38.3 Å². The Morgan fingerprint density at radius 2 is 2.00 bits per heavy atom. The number of aryl methyl sites for hydroxylation is 1. The summed E-state index contributed by atoms with van der Waals surface area (Å²) in [6.07, 6.45) is 2.71. The SMILES string of the molecule is CCCc1cc(CNC)cc(N2C[C@@H](C)O[C@@H](C)C2)n1. The lowest BCUT2D eigenvalue weighted by atomic mass is 10.1. The van der Waals surface area contributed by atoms with E-state index < -0.39 is 0 Å². The van der Waals surface area contributed by atoms with E-state index in [0.29, 0.717) is 0 Å². The number of hydrogen-bond acceptors (Lipinski definition) is 4. The highest BCUT2D eigenvalue weighted by Gasteiger charge is 2.23. The van der Waals surface area contributed by atoms with Gasteiger partial charge in [0.1, 0.15) is 5.82 Å². The standard InChI is InChI=1S/C16H27N3O/c1-5-6-15-7-14(9-17-4)8-16(18-15)19-10-12(2)20-13(3)11-19/h7-8,12-13,17H,5-6,9-11H2,1-4H3/t12-,13+.